The number of morpholine rings is 1. The molecule has 0 N–H and O–H groups in total. The quantitative estimate of drug-likeness (QED) is 0.588. The normalized spacial score (nSPS) is 15.8. The SMILES string of the molecule is N#Cc1ccccc1COc1cccc(C(=O)N2CCOC(c3ccc(F)c(F)c3)C2)c1. The number of benzene rings is 3. The van der Waals surface area contributed by atoms with E-state index in [2.05, 4.69) is 6.07 Å². The van der Waals surface area contributed by atoms with Crippen molar-refractivity contribution in [1.29, 1.82) is 5.26 Å². The van der Waals surface area contributed by atoms with Crippen LogP contribution in [0.2, 0.25) is 0 Å². The van der Waals surface area contributed by atoms with Gasteiger partial charge >= 0.3 is 0 Å². The molecule has 4 rings (SSSR count). The van der Waals surface area contributed by atoms with Crippen molar-refractivity contribution in [3.63, 3.8) is 0 Å². The van der Waals surface area contributed by atoms with E-state index in [4.69, 9.17) is 9.47 Å². The second-order valence-electron chi connectivity index (χ2n) is 7.37. The summed E-state index contributed by atoms with van der Waals surface area (Å²) in [6, 6.07) is 19.7. The van der Waals surface area contributed by atoms with Crippen molar-refractivity contribution in [3.05, 3.63) is 101 Å². The number of hydrogen-bond donors (Lipinski definition) is 0. The van der Waals surface area contributed by atoms with Crippen LogP contribution in [-0.2, 0) is 11.3 Å². The van der Waals surface area contributed by atoms with Crippen molar-refractivity contribution in [3.8, 4) is 11.8 Å². The number of nitrogens with zero attached hydrogens (tertiary/aromatic N) is 2. The zero-order valence-electron chi connectivity index (χ0n) is 17.1. The van der Waals surface area contributed by atoms with Crippen molar-refractivity contribution in [1.82, 2.24) is 4.90 Å². The van der Waals surface area contributed by atoms with Crippen molar-refractivity contribution in [2.45, 2.75) is 12.7 Å². The van der Waals surface area contributed by atoms with Gasteiger partial charge in [-0.1, -0.05) is 30.3 Å². The van der Waals surface area contributed by atoms with Crippen LogP contribution in [0.5, 0.6) is 5.75 Å². The van der Waals surface area contributed by atoms with Crippen molar-refractivity contribution in [2.75, 3.05) is 19.7 Å². The Morgan fingerprint density at radius 3 is 2.75 bits per heavy atom. The number of rotatable bonds is 5. The fourth-order valence-electron chi connectivity index (χ4n) is 3.57. The Labute approximate surface area is 184 Å². The molecule has 3 aromatic carbocycles. The van der Waals surface area contributed by atoms with Crippen LogP contribution in [0.15, 0.2) is 66.7 Å². The van der Waals surface area contributed by atoms with Crippen LogP contribution in [0, 0.1) is 23.0 Å². The van der Waals surface area contributed by atoms with Gasteiger partial charge in [-0.05, 0) is 42.0 Å². The Bertz CT molecular complexity index is 1180. The van der Waals surface area contributed by atoms with Crippen LogP contribution in [0.25, 0.3) is 0 Å². The monoisotopic (exact) mass is 434 g/mol. The lowest BCUT2D eigenvalue weighted by atomic mass is 10.1. The molecule has 1 unspecified atom stereocenters. The molecule has 7 heteroatoms. The minimum Gasteiger partial charge on any atom is -0.489 e. The molecular weight excluding hydrogens is 414 g/mol. The van der Waals surface area contributed by atoms with E-state index < -0.39 is 17.7 Å². The molecule has 0 aromatic heterocycles. The van der Waals surface area contributed by atoms with Crippen LogP contribution in [-0.4, -0.2) is 30.5 Å². The molecule has 3 aromatic rings. The number of ether oxygens (including phenoxy) is 2. The standard InChI is InChI=1S/C25H20F2N2O3/c26-22-9-8-17(13-23(22)27)24-15-29(10-11-31-24)25(30)18-6-3-7-21(12-18)32-16-20-5-2-1-4-19(20)14-28/h1-9,12-13,24H,10-11,15-16H2. The highest BCUT2D eigenvalue weighted by Gasteiger charge is 2.27. The summed E-state index contributed by atoms with van der Waals surface area (Å²) < 4.78 is 38.3. The molecule has 1 fully saturated rings. The number of carbonyl (C=O) groups excluding carboxylic acids is 1. The summed E-state index contributed by atoms with van der Waals surface area (Å²) in [5, 5.41) is 9.20. The van der Waals surface area contributed by atoms with E-state index in [0.29, 0.717) is 29.0 Å². The van der Waals surface area contributed by atoms with Crippen LogP contribution in [0.3, 0.4) is 0 Å². The third kappa shape index (κ3) is 4.76. The smallest absolute Gasteiger partial charge is 0.254 e. The molecule has 0 aliphatic carbocycles. The average Bonchev–Trinajstić information content (AvgIpc) is 2.84. The molecule has 1 aliphatic heterocycles. The van der Waals surface area contributed by atoms with Crippen molar-refractivity contribution < 1.29 is 23.0 Å². The summed E-state index contributed by atoms with van der Waals surface area (Å²) in [5.74, 6) is -1.57. The van der Waals surface area contributed by atoms with E-state index in [1.54, 1.807) is 41.3 Å². The van der Waals surface area contributed by atoms with E-state index in [1.165, 1.54) is 6.07 Å². The average molecular weight is 434 g/mol. The largest absolute Gasteiger partial charge is 0.489 e. The van der Waals surface area contributed by atoms with Gasteiger partial charge in [0.25, 0.3) is 5.91 Å². The molecule has 1 atom stereocenters. The van der Waals surface area contributed by atoms with Crippen LogP contribution < -0.4 is 4.74 Å². The predicted octanol–water partition coefficient (Wildman–Crippen LogP) is 4.63. The molecule has 162 valence electrons. The second kappa shape index (κ2) is 9.58. The van der Waals surface area contributed by atoms with Crippen molar-refractivity contribution >= 4 is 5.91 Å². The van der Waals surface area contributed by atoms with Gasteiger partial charge in [-0.15, -0.1) is 0 Å². The zero-order valence-corrected chi connectivity index (χ0v) is 17.1. The summed E-state index contributed by atoms with van der Waals surface area (Å²) in [5.41, 5.74) is 2.22. The van der Waals surface area contributed by atoms with Gasteiger partial charge < -0.3 is 14.4 Å². The number of nitriles is 1. The summed E-state index contributed by atoms with van der Waals surface area (Å²) in [6.07, 6.45) is -0.537. The lowest BCUT2D eigenvalue weighted by Gasteiger charge is -2.33. The Morgan fingerprint density at radius 1 is 1.09 bits per heavy atom. The molecule has 0 radical (unpaired) electrons. The molecule has 0 bridgehead atoms. The Kier molecular flexibility index (Phi) is 6.43. The van der Waals surface area contributed by atoms with Gasteiger partial charge in [0.15, 0.2) is 11.6 Å². The molecular formula is C25H20F2N2O3. The number of hydrogen-bond acceptors (Lipinski definition) is 4. The van der Waals surface area contributed by atoms with Gasteiger partial charge in [-0.25, -0.2) is 8.78 Å². The molecule has 0 spiro atoms. The third-order valence-corrected chi connectivity index (χ3v) is 5.28. The molecule has 1 saturated heterocycles. The molecule has 32 heavy (non-hydrogen) atoms. The first-order valence-corrected chi connectivity index (χ1v) is 10.1. The highest BCUT2D eigenvalue weighted by molar-refractivity contribution is 5.94. The lowest BCUT2D eigenvalue weighted by Crippen LogP contribution is -2.42. The summed E-state index contributed by atoms with van der Waals surface area (Å²) in [6.45, 7) is 1.11. The van der Waals surface area contributed by atoms with Crippen LogP contribution in [0.4, 0.5) is 8.78 Å². The Morgan fingerprint density at radius 2 is 1.94 bits per heavy atom. The van der Waals surface area contributed by atoms with Crippen LogP contribution in [0.1, 0.15) is 33.2 Å². The van der Waals surface area contributed by atoms with Gasteiger partial charge in [0.2, 0.25) is 0 Å². The highest BCUT2D eigenvalue weighted by Crippen LogP contribution is 2.25. The maximum atomic E-state index is 13.6. The maximum absolute atomic E-state index is 13.6. The zero-order chi connectivity index (χ0) is 22.5. The van der Waals surface area contributed by atoms with E-state index in [9.17, 15) is 18.8 Å². The number of amides is 1. The fourth-order valence-corrected chi connectivity index (χ4v) is 3.57. The summed E-state index contributed by atoms with van der Waals surface area (Å²) in [4.78, 5) is 14.7. The predicted molar refractivity (Wildman–Crippen MR) is 113 cm³/mol. The minimum absolute atomic E-state index is 0.205. The molecule has 0 saturated carbocycles. The molecule has 1 heterocycles. The van der Waals surface area contributed by atoms with E-state index >= 15 is 0 Å². The maximum Gasteiger partial charge on any atom is 0.254 e. The first kappa shape index (κ1) is 21.5. The molecule has 5 nitrogen and oxygen atoms in total. The first-order chi connectivity index (χ1) is 15.5. The van der Waals surface area contributed by atoms with Gasteiger partial charge in [-0.2, -0.15) is 5.26 Å². The van der Waals surface area contributed by atoms with Crippen LogP contribution >= 0.6 is 0 Å². The first-order valence-electron chi connectivity index (χ1n) is 10.1. The molecule has 1 aliphatic rings. The number of halogens is 2. The van der Waals surface area contributed by atoms with Gasteiger partial charge in [0.05, 0.1) is 24.8 Å². The Hall–Kier alpha value is -3.76. The second-order valence-corrected chi connectivity index (χ2v) is 7.37. The van der Waals surface area contributed by atoms with Crippen molar-refractivity contribution in [2.24, 2.45) is 0 Å². The van der Waals surface area contributed by atoms with E-state index in [-0.39, 0.29) is 25.7 Å². The lowest BCUT2D eigenvalue weighted by molar-refractivity contribution is -0.0229. The van der Waals surface area contributed by atoms with E-state index in [0.717, 1.165) is 17.7 Å². The summed E-state index contributed by atoms with van der Waals surface area (Å²) >= 11 is 0. The van der Waals surface area contributed by atoms with Gasteiger partial charge in [0, 0.05) is 17.7 Å². The molecule has 1 amide bonds. The number of carbonyl (C=O) groups is 1. The minimum atomic E-state index is -0.947. The fraction of sp³-hybridized carbons (Fsp3) is 0.200. The highest BCUT2D eigenvalue weighted by atomic mass is 19.2. The van der Waals surface area contributed by atoms with E-state index in [1.807, 2.05) is 12.1 Å². The van der Waals surface area contributed by atoms with Gasteiger partial charge in [0.1, 0.15) is 18.5 Å². The summed E-state index contributed by atoms with van der Waals surface area (Å²) in [7, 11) is 0. The van der Waals surface area contributed by atoms with Gasteiger partial charge in [-0.3, -0.25) is 4.79 Å². The Balaban J connectivity index is 1.45. The third-order valence-electron chi connectivity index (χ3n) is 5.28. The topological polar surface area (TPSA) is 62.6 Å².